The van der Waals surface area contributed by atoms with Crippen LogP contribution in [0, 0.1) is 6.92 Å². The van der Waals surface area contributed by atoms with Gasteiger partial charge in [-0.2, -0.15) is 0 Å². The van der Waals surface area contributed by atoms with Crippen molar-refractivity contribution in [2.45, 2.75) is 13.5 Å². The van der Waals surface area contributed by atoms with Gasteiger partial charge in [-0.25, -0.2) is 0 Å². The van der Waals surface area contributed by atoms with Crippen LogP contribution < -0.4 is 5.73 Å². The number of methoxy groups -OCH3 is 1. The number of nitrogens with zero attached hydrogens (tertiary/aromatic N) is 1. The van der Waals surface area contributed by atoms with Gasteiger partial charge in [0.2, 0.25) is 0 Å². The van der Waals surface area contributed by atoms with E-state index in [1.807, 2.05) is 25.1 Å². The summed E-state index contributed by atoms with van der Waals surface area (Å²) in [5.74, 6) is 0. The van der Waals surface area contributed by atoms with Gasteiger partial charge in [-0.05, 0) is 24.1 Å². The van der Waals surface area contributed by atoms with Gasteiger partial charge in [-0.15, -0.1) is 0 Å². The van der Waals surface area contributed by atoms with Gasteiger partial charge < -0.3 is 15.6 Å². The lowest BCUT2D eigenvalue weighted by Crippen LogP contribution is -2.30. The number of hydrogen-bond donors (Lipinski definition) is 2. The molecule has 0 fully saturated rings. The molecular formula is C14H22N2O2S. The zero-order valence-electron chi connectivity index (χ0n) is 11.6. The first-order valence-corrected chi connectivity index (χ1v) is 6.70. The first-order valence-electron chi connectivity index (χ1n) is 6.30. The SMILES string of the molecule is COCCN(CCO)Cc1ccc(C(N)=S)cc1C. The topological polar surface area (TPSA) is 58.7 Å². The number of aliphatic hydroxyl groups is 1. The van der Waals surface area contributed by atoms with Gasteiger partial charge >= 0.3 is 0 Å². The fourth-order valence-corrected chi connectivity index (χ4v) is 2.03. The highest BCUT2D eigenvalue weighted by atomic mass is 32.1. The van der Waals surface area contributed by atoms with Crippen LogP contribution in [0.1, 0.15) is 16.7 Å². The summed E-state index contributed by atoms with van der Waals surface area (Å²) < 4.78 is 5.08. The Morgan fingerprint density at radius 1 is 1.42 bits per heavy atom. The van der Waals surface area contributed by atoms with Crippen LogP contribution in [0.5, 0.6) is 0 Å². The minimum atomic E-state index is 0.147. The molecule has 0 aliphatic rings. The second-order valence-corrected chi connectivity index (χ2v) is 4.94. The largest absolute Gasteiger partial charge is 0.395 e. The van der Waals surface area contributed by atoms with Crippen LogP contribution in [0.15, 0.2) is 18.2 Å². The molecule has 4 nitrogen and oxygen atoms in total. The molecule has 0 saturated carbocycles. The molecule has 0 saturated heterocycles. The van der Waals surface area contributed by atoms with Crippen molar-refractivity contribution < 1.29 is 9.84 Å². The van der Waals surface area contributed by atoms with Crippen LogP contribution in [-0.4, -0.2) is 48.4 Å². The van der Waals surface area contributed by atoms with Crippen LogP contribution >= 0.6 is 12.2 Å². The maximum absolute atomic E-state index is 9.08. The van der Waals surface area contributed by atoms with E-state index >= 15 is 0 Å². The summed E-state index contributed by atoms with van der Waals surface area (Å²) in [4.78, 5) is 2.58. The van der Waals surface area contributed by atoms with Crippen LogP contribution in [0.2, 0.25) is 0 Å². The van der Waals surface area contributed by atoms with E-state index in [1.54, 1.807) is 7.11 Å². The van der Waals surface area contributed by atoms with Crippen molar-refractivity contribution in [1.82, 2.24) is 4.90 Å². The maximum Gasteiger partial charge on any atom is 0.103 e. The summed E-state index contributed by atoms with van der Waals surface area (Å²) in [7, 11) is 1.68. The van der Waals surface area contributed by atoms with E-state index in [-0.39, 0.29) is 6.61 Å². The van der Waals surface area contributed by atoms with E-state index in [9.17, 15) is 0 Å². The summed E-state index contributed by atoms with van der Waals surface area (Å²) in [6.07, 6.45) is 0. The van der Waals surface area contributed by atoms with Crippen molar-refractivity contribution in [2.24, 2.45) is 5.73 Å². The molecule has 0 heterocycles. The monoisotopic (exact) mass is 282 g/mol. The van der Waals surface area contributed by atoms with Gasteiger partial charge in [-0.1, -0.05) is 24.4 Å². The molecule has 0 aliphatic carbocycles. The van der Waals surface area contributed by atoms with Gasteiger partial charge in [-0.3, -0.25) is 4.90 Å². The third-order valence-corrected chi connectivity index (χ3v) is 3.28. The molecule has 0 bridgehead atoms. The Balaban J connectivity index is 2.75. The predicted octanol–water partition coefficient (Wildman–Crippen LogP) is 1.07. The average molecular weight is 282 g/mol. The summed E-state index contributed by atoms with van der Waals surface area (Å²) in [5.41, 5.74) is 8.88. The van der Waals surface area contributed by atoms with Crippen LogP contribution in [0.3, 0.4) is 0 Å². The number of nitrogens with two attached hydrogens (primary N) is 1. The minimum Gasteiger partial charge on any atom is -0.395 e. The lowest BCUT2D eigenvalue weighted by Gasteiger charge is -2.22. The molecule has 0 radical (unpaired) electrons. The standard InChI is InChI=1S/C14H22N2O2S/c1-11-9-12(14(15)19)3-4-13(11)10-16(5-7-17)6-8-18-2/h3-4,9,17H,5-8,10H2,1-2H3,(H2,15,19). The highest BCUT2D eigenvalue weighted by Crippen LogP contribution is 2.13. The molecule has 1 aromatic carbocycles. The first-order chi connectivity index (χ1) is 9.08. The molecule has 0 aromatic heterocycles. The molecule has 0 aliphatic heterocycles. The molecule has 0 amide bonds. The first kappa shape index (κ1) is 16.0. The Bertz CT molecular complexity index is 424. The Labute approximate surface area is 120 Å². The molecular weight excluding hydrogens is 260 g/mol. The van der Waals surface area contributed by atoms with Crippen LogP contribution in [-0.2, 0) is 11.3 Å². The predicted molar refractivity (Wildman–Crippen MR) is 81.3 cm³/mol. The Morgan fingerprint density at radius 2 is 2.16 bits per heavy atom. The Morgan fingerprint density at radius 3 is 2.68 bits per heavy atom. The van der Waals surface area contributed by atoms with Gasteiger partial charge in [0, 0.05) is 32.3 Å². The molecule has 1 rings (SSSR count). The number of hydrogen-bond acceptors (Lipinski definition) is 4. The van der Waals surface area contributed by atoms with E-state index < -0.39 is 0 Å². The number of aliphatic hydroxyl groups excluding tert-OH is 1. The second-order valence-electron chi connectivity index (χ2n) is 4.50. The number of thiocarbonyl (C=S) groups is 1. The van der Waals surface area contributed by atoms with Crippen molar-refractivity contribution in [1.29, 1.82) is 0 Å². The van der Waals surface area contributed by atoms with E-state index in [0.717, 1.165) is 24.2 Å². The number of aryl methyl sites for hydroxylation is 1. The van der Waals surface area contributed by atoms with Gasteiger partial charge in [0.15, 0.2) is 0 Å². The van der Waals surface area contributed by atoms with E-state index in [1.165, 1.54) is 5.56 Å². The lowest BCUT2D eigenvalue weighted by molar-refractivity contribution is 0.126. The number of rotatable bonds is 8. The second kappa shape index (κ2) is 8.22. The molecule has 0 spiro atoms. The average Bonchev–Trinajstić information content (AvgIpc) is 2.38. The van der Waals surface area contributed by atoms with E-state index in [2.05, 4.69) is 4.90 Å². The highest BCUT2D eigenvalue weighted by Gasteiger charge is 2.08. The van der Waals surface area contributed by atoms with Gasteiger partial charge in [0.05, 0.1) is 13.2 Å². The zero-order valence-corrected chi connectivity index (χ0v) is 12.4. The maximum atomic E-state index is 9.08. The zero-order chi connectivity index (χ0) is 14.3. The molecule has 19 heavy (non-hydrogen) atoms. The normalized spacial score (nSPS) is 10.9. The molecule has 0 atom stereocenters. The van der Waals surface area contributed by atoms with Crippen molar-refractivity contribution in [2.75, 3.05) is 33.4 Å². The number of benzene rings is 1. The van der Waals surface area contributed by atoms with Crippen molar-refractivity contribution in [3.63, 3.8) is 0 Å². The smallest absolute Gasteiger partial charge is 0.103 e. The molecule has 5 heteroatoms. The fourth-order valence-electron chi connectivity index (χ4n) is 1.90. The molecule has 0 unspecified atom stereocenters. The Kier molecular flexibility index (Phi) is 6.94. The van der Waals surface area contributed by atoms with Crippen molar-refractivity contribution in [3.8, 4) is 0 Å². The van der Waals surface area contributed by atoms with Crippen LogP contribution in [0.4, 0.5) is 0 Å². The van der Waals surface area contributed by atoms with Crippen molar-refractivity contribution in [3.05, 3.63) is 34.9 Å². The van der Waals surface area contributed by atoms with E-state index in [4.69, 9.17) is 27.8 Å². The third kappa shape index (κ3) is 5.24. The van der Waals surface area contributed by atoms with Crippen LogP contribution in [0.25, 0.3) is 0 Å². The summed E-state index contributed by atoms with van der Waals surface area (Å²) in [5, 5.41) is 9.08. The highest BCUT2D eigenvalue weighted by molar-refractivity contribution is 7.80. The van der Waals surface area contributed by atoms with Gasteiger partial charge in [0.25, 0.3) is 0 Å². The van der Waals surface area contributed by atoms with Gasteiger partial charge in [0.1, 0.15) is 4.99 Å². The summed E-state index contributed by atoms with van der Waals surface area (Å²) >= 11 is 4.97. The quantitative estimate of drug-likeness (QED) is 0.699. The molecule has 106 valence electrons. The van der Waals surface area contributed by atoms with Crippen molar-refractivity contribution >= 4 is 17.2 Å². The summed E-state index contributed by atoms with van der Waals surface area (Å²) in [6, 6.07) is 5.99. The third-order valence-electron chi connectivity index (χ3n) is 3.05. The number of ether oxygens (including phenoxy) is 1. The Hall–Kier alpha value is -1.01. The van der Waals surface area contributed by atoms with E-state index in [0.29, 0.717) is 18.1 Å². The molecule has 1 aromatic rings. The minimum absolute atomic E-state index is 0.147. The lowest BCUT2D eigenvalue weighted by atomic mass is 10.0. The fraction of sp³-hybridized carbons (Fsp3) is 0.500. The summed E-state index contributed by atoms with van der Waals surface area (Å²) in [6.45, 7) is 5.07. The molecule has 3 N–H and O–H groups in total.